The summed E-state index contributed by atoms with van der Waals surface area (Å²) in [6, 6.07) is 7.76. The highest BCUT2D eigenvalue weighted by molar-refractivity contribution is 5.80. The number of hydrogen-bond donors (Lipinski definition) is 2. The van der Waals surface area contributed by atoms with Crippen molar-refractivity contribution in [3.8, 4) is 11.1 Å². The van der Waals surface area contributed by atoms with Crippen LogP contribution in [0.5, 0.6) is 0 Å². The standard InChI is InChI=1S/C14H18N2O2/c1-17-7-2-6-16-14-4-3-12(15)9-13(14)11-5-8-18-10-11/h3-5,8-10,16H,2,6-7,15H2,1H3. The Morgan fingerprint density at radius 2 is 2.22 bits per heavy atom. The molecule has 0 aliphatic rings. The van der Waals surface area contributed by atoms with Gasteiger partial charge >= 0.3 is 0 Å². The molecule has 0 saturated carbocycles. The fourth-order valence-electron chi connectivity index (χ4n) is 1.81. The Morgan fingerprint density at radius 3 is 2.94 bits per heavy atom. The maximum Gasteiger partial charge on any atom is 0.0981 e. The molecule has 0 bridgehead atoms. The van der Waals surface area contributed by atoms with Crippen molar-refractivity contribution in [1.82, 2.24) is 0 Å². The van der Waals surface area contributed by atoms with Crippen LogP contribution in [-0.4, -0.2) is 20.3 Å². The molecule has 2 rings (SSSR count). The molecular weight excluding hydrogens is 228 g/mol. The Labute approximate surface area is 107 Å². The van der Waals surface area contributed by atoms with Crippen LogP contribution in [0.1, 0.15) is 6.42 Å². The molecule has 0 atom stereocenters. The Balaban J connectivity index is 2.14. The number of hydrogen-bond acceptors (Lipinski definition) is 4. The topological polar surface area (TPSA) is 60.4 Å². The van der Waals surface area contributed by atoms with Gasteiger partial charge in [0, 0.05) is 42.8 Å². The minimum absolute atomic E-state index is 0.744. The van der Waals surface area contributed by atoms with Gasteiger partial charge < -0.3 is 20.2 Å². The lowest BCUT2D eigenvalue weighted by Crippen LogP contribution is -2.05. The number of ether oxygens (including phenoxy) is 1. The van der Waals surface area contributed by atoms with E-state index in [0.717, 1.165) is 42.1 Å². The van der Waals surface area contributed by atoms with E-state index < -0.39 is 0 Å². The van der Waals surface area contributed by atoms with Gasteiger partial charge in [-0.2, -0.15) is 0 Å². The molecule has 0 aliphatic heterocycles. The van der Waals surface area contributed by atoms with Crippen LogP contribution in [-0.2, 0) is 4.74 Å². The smallest absolute Gasteiger partial charge is 0.0981 e. The van der Waals surface area contributed by atoms with Crippen molar-refractivity contribution in [1.29, 1.82) is 0 Å². The van der Waals surface area contributed by atoms with E-state index in [1.54, 1.807) is 19.6 Å². The molecule has 1 aromatic heterocycles. The summed E-state index contributed by atoms with van der Waals surface area (Å²) in [5.41, 5.74) is 9.71. The van der Waals surface area contributed by atoms with Crippen LogP contribution in [0.3, 0.4) is 0 Å². The van der Waals surface area contributed by atoms with Crippen LogP contribution in [0, 0.1) is 0 Å². The van der Waals surface area contributed by atoms with Gasteiger partial charge in [0.25, 0.3) is 0 Å². The van der Waals surface area contributed by atoms with E-state index >= 15 is 0 Å². The molecule has 1 heterocycles. The van der Waals surface area contributed by atoms with Crippen molar-refractivity contribution in [3.05, 3.63) is 36.8 Å². The maximum absolute atomic E-state index is 5.83. The summed E-state index contributed by atoms with van der Waals surface area (Å²) < 4.78 is 10.1. The van der Waals surface area contributed by atoms with Gasteiger partial charge in [-0.1, -0.05) is 0 Å². The number of benzene rings is 1. The number of anilines is 2. The lowest BCUT2D eigenvalue weighted by atomic mass is 10.1. The molecule has 4 nitrogen and oxygen atoms in total. The van der Waals surface area contributed by atoms with Gasteiger partial charge in [0.15, 0.2) is 0 Å². The number of furan rings is 1. The number of nitrogen functional groups attached to an aromatic ring is 1. The zero-order chi connectivity index (χ0) is 12.8. The van der Waals surface area contributed by atoms with Crippen LogP contribution >= 0.6 is 0 Å². The molecule has 18 heavy (non-hydrogen) atoms. The minimum atomic E-state index is 0.744. The summed E-state index contributed by atoms with van der Waals surface area (Å²) in [5, 5.41) is 3.39. The lowest BCUT2D eigenvalue weighted by Gasteiger charge is -2.11. The number of nitrogens with one attached hydrogen (secondary N) is 1. The van der Waals surface area contributed by atoms with Crippen molar-refractivity contribution in [3.63, 3.8) is 0 Å². The van der Waals surface area contributed by atoms with Crippen LogP contribution in [0.4, 0.5) is 11.4 Å². The fourth-order valence-corrected chi connectivity index (χ4v) is 1.81. The van der Waals surface area contributed by atoms with Crippen molar-refractivity contribution in [2.45, 2.75) is 6.42 Å². The van der Waals surface area contributed by atoms with Gasteiger partial charge in [-0.05, 0) is 30.7 Å². The molecule has 0 aliphatic carbocycles. The van der Waals surface area contributed by atoms with Gasteiger partial charge in [0.1, 0.15) is 0 Å². The van der Waals surface area contributed by atoms with E-state index in [1.807, 2.05) is 24.3 Å². The lowest BCUT2D eigenvalue weighted by molar-refractivity contribution is 0.198. The van der Waals surface area contributed by atoms with E-state index in [9.17, 15) is 0 Å². The fraction of sp³-hybridized carbons (Fsp3) is 0.286. The van der Waals surface area contributed by atoms with Gasteiger partial charge in [0.2, 0.25) is 0 Å². The van der Waals surface area contributed by atoms with Crippen LogP contribution < -0.4 is 11.1 Å². The van der Waals surface area contributed by atoms with Crippen LogP contribution in [0.15, 0.2) is 41.2 Å². The third-order valence-corrected chi connectivity index (χ3v) is 2.72. The summed E-state index contributed by atoms with van der Waals surface area (Å²) in [6.45, 7) is 1.62. The van der Waals surface area contributed by atoms with Gasteiger partial charge in [-0.25, -0.2) is 0 Å². The second-order valence-corrected chi connectivity index (χ2v) is 4.09. The second kappa shape index (κ2) is 6.12. The summed E-state index contributed by atoms with van der Waals surface area (Å²) in [5.74, 6) is 0. The van der Waals surface area contributed by atoms with Crippen molar-refractivity contribution in [2.75, 3.05) is 31.3 Å². The molecular formula is C14H18N2O2. The third kappa shape index (κ3) is 3.05. The Bertz CT molecular complexity index is 481. The normalized spacial score (nSPS) is 10.5. The molecule has 0 radical (unpaired) electrons. The summed E-state index contributed by atoms with van der Waals surface area (Å²) in [4.78, 5) is 0. The van der Waals surface area contributed by atoms with E-state index in [0.29, 0.717) is 0 Å². The Hall–Kier alpha value is -1.94. The predicted octanol–water partition coefficient (Wildman–Crippen LogP) is 2.98. The van der Waals surface area contributed by atoms with Gasteiger partial charge in [0.05, 0.1) is 12.5 Å². The molecule has 1 aromatic carbocycles. The summed E-state index contributed by atoms with van der Waals surface area (Å²) >= 11 is 0. The first kappa shape index (κ1) is 12.5. The largest absolute Gasteiger partial charge is 0.472 e. The number of methoxy groups -OCH3 is 1. The quantitative estimate of drug-likeness (QED) is 0.607. The van der Waals surface area contributed by atoms with Gasteiger partial charge in [-0.15, -0.1) is 0 Å². The van der Waals surface area contributed by atoms with Crippen LogP contribution in [0.25, 0.3) is 11.1 Å². The predicted molar refractivity (Wildman–Crippen MR) is 73.5 cm³/mol. The summed E-state index contributed by atoms with van der Waals surface area (Å²) in [7, 11) is 1.71. The number of nitrogens with two attached hydrogens (primary N) is 1. The monoisotopic (exact) mass is 246 g/mol. The Kier molecular flexibility index (Phi) is 4.25. The third-order valence-electron chi connectivity index (χ3n) is 2.72. The highest BCUT2D eigenvalue weighted by Crippen LogP contribution is 2.30. The molecule has 0 amide bonds. The average molecular weight is 246 g/mol. The summed E-state index contributed by atoms with van der Waals surface area (Å²) in [6.07, 6.45) is 4.34. The molecule has 2 aromatic rings. The van der Waals surface area contributed by atoms with Gasteiger partial charge in [-0.3, -0.25) is 0 Å². The highest BCUT2D eigenvalue weighted by Gasteiger charge is 2.06. The zero-order valence-corrected chi connectivity index (χ0v) is 10.5. The molecule has 3 N–H and O–H groups in total. The van der Waals surface area contributed by atoms with Crippen molar-refractivity contribution >= 4 is 11.4 Å². The first-order valence-corrected chi connectivity index (χ1v) is 5.96. The molecule has 4 heteroatoms. The molecule has 0 fully saturated rings. The first-order chi connectivity index (χ1) is 8.81. The van der Waals surface area contributed by atoms with Crippen LogP contribution in [0.2, 0.25) is 0 Å². The maximum atomic E-state index is 5.83. The van der Waals surface area contributed by atoms with Crippen molar-refractivity contribution in [2.24, 2.45) is 0 Å². The van der Waals surface area contributed by atoms with E-state index in [1.165, 1.54) is 0 Å². The molecule has 0 spiro atoms. The molecule has 96 valence electrons. The second-order valence-electron chi connectivity index (χ2n) is 4.09. The average Bonchev–Trinajstić information content (AvgIpc) is 2.90. The SMILES string of the molecule is COCCCNc1ccc(N)cc1-c1ccoc1. The van der Waals surface area contributed by atoms with E-state index in [4.69, 9.17) is 14.9 Å². The minimum Gasteiger partial charge on any atom is -0.472 e. The zero-order valence-electron chi connectivity index (χ0n) is 10.5. The van der Waals surface area contributed by atoms with E-state index in [2.05, 4.69) is 5.32 Å². The van der Waals surface area contributed by atoms with Crippen molar-refractivity contribution < 1.29 is 9.15 Å². The number of rotatable bonds is 6. The highest BCUT2D eigenvalue weighted by atomic mass is 16.5. The van der Waals surface area contributed by atoms with E-state index in [-0.39, 0.29) is 0 Å². The molecule has 0 saturated heterocycles. The Morgan fingerprint density at radius 1 is 1.33 bits per heavy atom. The first-order valence-electron chi connectivity index (χ1n) is 5.96. The molecule has 0 unspecified atom stereocenters.